The van der Waals surface area contributed by atoms with E-state index in [2.05, 4.69) is 5.32 Å². The average molecular weight is 234 g/mol. The van der Waals surface area contributed by atoms with Crippen molar-refractivity contribution in [2.45, 2.75) is 13.8 Å². The van der Waals surface area contributed by atoms with Crippen LogP contribution in [-0.4, -0.2) is 17.7 Å². The van der Waals surface area contributed by atoms with Crippen molar-refractivity contribution in [2.24, 2.45) is 5.92 Å². The number of para-hydroxylation sites is 1. The molecule has 0 aliphatic heterocycles. The number of carboxylic acids is 1. The number of amides is 1. The number of benzene rings is 1. The Morgan fingerprint density at radius 3 is 2.29 bits per heavy atom. The topological polar surface area (TPSA) is 86.3 Å². The predicted molar refractivity (Wildman–Crippen MR) is 59.0 cm³/mol. The van der Waals surface area contributed by atoms with Gasteiger partial charge in [0.1, 0.15) is 11.7 Å². The number of nitrogens with one attached hydrogen (secondary N) is 1. The molecule has 1 amide bonds. The minimum Gasteiger partial charge on any atom is -0.549 e. The maximum atomic E-state index is 11.6. The molecule has 1 atom stereocenters. The van der Waals surface area contributed by atoms with Gasteiger partial charge in [-0.15, -0.1) is 0 Å². The van der Waals surface area contributed by atoms with Gasteiger partial charge in [0.25, 0.3) is 0 Å². The highest BCUT2D eigenvalue weighted by molar-refractivity contribution is 6.18. The smallest absolute Gasteiger partial charge is 0.240 e. The third-order valence-electron chi connectivity index (χ3n) is 2.31. The van der Waals surface area contributed by atoms with Crippen molar-refractivity contribution >= 4 is 23.3 Å². The lowest BCUT2D eigenvalue weighted by atomic mass is 10.0. The van der Waals surface area contributed by atoms with E-state index in [1.807, 2.05) is 0 Å². The molecule has 0 aliphatic carbocycles. The maximum Gasteiger partial charge on any atom is 0.240 e. The number of ketones is 1. The van der Waals surface area contributed by atoms with Crippen molar-refractivity contribution < 1.29 is 19.5 Å². The summed E-state index contributed by atoms with van der Waals surface area (Å²) in [5.74, 6) is -5.10. The highest BCUT2D eigenvalue weighted by Gasteiger charge is 2.24. The van der Waals surface area contributed by atoms with Crippen LogP contribution in [0.3, 0.4) is 0 Å². The first-order chi connectivity index (χ1) is 7.93. The first kappa shape index (κ1) is 12.9. The zero-order valence-corrected chi connectivity index (χ0v) is 9.52. The summed E-state index contributed by atoms with van der Waals surface area (Å²) in [6, 6.07) is 6.87. The standard InChI is InChI=1S/C12H13NO4/c1-7-5-3-4-6-9(7)13-11(15)10(8(2)14)12(16)17/h3-6,10H,1-2H3,(H,13,15)(H,16,17)/p-1. The fourth-order valence-electron chi connectivity index (χ4n) is 1.38. The van der Waals surface area contributed by atoms with Gasteiger partial charge in [0.05, 0.1) is 5.97 Å². The van der Waals surface area contributed by atoms with Gasteiger partial charge in [-0.2, -0.15) is 0 Å². The monoisotopic (exact) mass is 234 g/mol. The fraction of sp³-hybridized carbons (Fsp3) is 0.250. The van der Waals surface area contributed by atoms with Gasteiger partial charge in [-0.25, -0.2) is 0 Å². The summed E-state index contributed by atoms with van der Waals surface area (Å²) in [6.45, 7) is 2.80. The number of hydrogen-bond acceptors (Lipinski definition) is 4. The lowest BCUT2D eigenvalue weighted by Crippen LogP contribution is -2.43. The molecular weight excluding hydrogens is 222 g/mol. The van der Waals surface area contributed by atoms with Crippen molar-refractivity contribution in [3.63, 3.8) is 0 Å². The van der Waals surface area contributed by atoms with Gasteiger partial charge >= 0.3 is 0 Å². The predicted octanol–water partition coefficient (Wildman–Crippen LogP) is -0.111. The third kappa shape index (κ3) is 3.14. The normalized spacial score (nSPS) is 11.6. The maximum absolute atomic E-state index is 11.6. The summed E-state index contributed by atoms with van der Waals surface area (Å²) in [7, 11) is 0. The molecule has 0 aromatic heterocycles. The highest BCUT2D eigenvalue weighted by Crippen LogP contribution is 2.14. The van der Waals surface area contributed by atoms with E-state index >= 15 is 0 Å². The van der Waals surface area contributed by atoms with E-state index in [4.69, 9.17) is 0 Å². The van der Waals surface area contributed by atoms with Gasteiger partial charge in [-0.3, -0.25) is 9.59 Å². The quantitative estimate of drug-likeness (QED) is 0.736. The molecular formula is C12H12NO4-. The fourth-order valence-corrected chi connectivity index (χ4v) is 1.38. The molecule has 0 aliphatic rings. The molecule has 1 aromatic carbocycles. The molecule has 5 nitrogen and oxygen atoms in total. The molecule has 0 spiro atoms. The summed E-state index contributed by atoms with van der Waals surface area (Å²) < 4.78 is 0. The van der Waals surface area contributed by atoms with E-state index in [-0.39, 0.29) is 0 Å². The van der Waals surface area contributed by atoms with Crippen molar-refractivity contribution in [2.75, 3.05) is 5.32 Å². The van der Waals surface area contributed by atoms with Crippen LogP contribution in [0.2, 0.25) is 0 Å². The Balaban J connectivity index is 2.89. The molecule has 0 radical (unpaired) electrons. The zero-order valence-electron chi connectivity index (χ0n) is 9.52. The average Bonchev–Trinajstić information content (AvgIpc) is 2.20. The number of Topliss-reactive ketones (excluding diaryl/α,β-unsaturated/α-hetero) is 1. The van der Waals surface area contributed by atoms with Crippen LogP contribution in [0.4, 0.5) is 5.69 Å². The Bertz CT molecular complexity index is 453. The van der Waals surface area contributed by atoms with Crippen LogP contribution < -0.4 is 10.4 Å². The van der Waals surface area contributed by atoms with Crippen molar-refractivity contribution in [3.05, 3.63) is 29.8 Å². The van der Waals surface area contributed by atoms with Crippen LogP contribution in [-0.2, 0) is 14.4 Å². The Morgan fingerprint density at radius 1 is 1.24 bits per heavy atom. The Morgan fingerprint density at radius 2 is 1.82 bits per heavy atom. The number of hydrogen-bond donors (Lipinski definition) is 1. The van der Waals surface area contributed by atoms with Crippen molar-refractivity contribution in [3.8, 4) is 0 Å². The molecule has 17 heavy (non-hydrogen) atoms. The second kappa shape index (κ2) is 5.25. The van der Waals surface area contributed by atoms with Gasteiger partial charge in [0, 0.05) is 5.69 Å². The van der Waals surface area contributed by atoms with Gasteiger partial charge in [-0.1, -0.05) is 18.2 Å². The lowest BCUT2D eigenvalue weighted by molar-refractivity contribution is -0.308. The molecule has 1 aromatic rings. The summed E-state index contributed by atoms with van der Waals surface area (Å²) in [6.07, 6.45) is 0. The number of rotatable bonds is 4. The van der Waals surface area contributed by atoms with E-state index in [0.29, 0.717) is 5.69 Å². The number of carbonyl (C=O) groups excluding carboxylic acids is 3. The van der Waals surface area contributed by atoms with Crippen LogP contribution in [0.1, 0.15) is 12.5 Å². The van der Waals surface area contributed by atoms with E-state index < -0.39 is 23.6 Å². The van der Waals surface area contributed by atoms with E-state index in [1.54, 1.807) is 31.2 Å². The third-order valence-corrected chi connectivity index (χ3v) is 2.31. The largest absolute Gasteiger partial charge is 0.549 e. The number of aryl methyl sites for hydroxylation is 1. The Kier molecular flexibility index (Phi) is 3.98. The Hall–Kier alpha value is -2.17. The molecule has 0 bridgehead atoms. The first-order valence-corrected chi connectivity index (χ1v) is 5.01. The molecule has 0 saturated carbocycles. The van der Waals surface area contributed by atoms with Crippen LogP contribution >= 0.6 is 0 Å². The second-order valence-corrected chi connectivity index (χ2v) is 3.67. The van der Waals surface area contributed by atoms with E-state index in [9.17, 15) is 19.5 Å². The van der Waals surface area contributed by atoms with E-state index in [0.717, 1.165) is 12.5 Å². The minimum atomic E-state index is -1.77. The van der Waals surface area contributed by atoms with Gasteiger partial charge < -0.3 is 15.2 Å². The molecule has 0 saturated heterocycles. The summed E-state index contributed by atoms with van der Waals surface area (Å²) in [5.41, 5.74) is 1.26. The molecule has 0 fully saturated rings. The number of carbonyl (C=O) groups is 3. The summed E-state index contributed by atoms with van der Waals surface area (Å²) in [4.78, 5) is 33.3. The van der Waals surface area contributed by atoms with E-state index in [1.165, 1.54) is 0 Å². The zero-order chi connectivity index (χ0) is 13.0. The lowest BCUT2D eigenvalue weighted by Gasteiger charge is -2.15. The second-order valence-electron chi connectivity index (χ2n) is 3.67. The van der Waals surface area contributed by atoms with Crippen molar-refractivity contribution in [1.29, 1.82) is 0 Å². The molecule has 0 heterocycles. The van der Waals surface area contributed by atoms with Crippen LogP contribution in [0.5, 0.6) is 0 Å². The van der Waals surface area contributed by atoms with Crippen LogP contribution in [0.15, 0.2) is 24.3 Å². The van der Waals surface area contributed by atoms with Gasteiger partial charge in [0.2, 0.25) is 5.91 Å². The van der Waals surface area contributed by atoms with Gasteiger partial charge in [-0.05, 0) is 25.5 Å². The molecule has 1 unspecified atom stereocenters. The van der Waals surface area contributed by atoms with Crippen LogP contribution in [0.25, 0.3) is 0 Å². The summed E-state index contributed by atoms with van der Waals surface area (Å²) in [5, 5.41) is 13.1. The number of aliphatic carboxylic acids is 1. The SMILES string of the molecule is CC(=O)C(C(=O)[O-])C(=O)Nc1ccccc1C. The molecule has 5 heteroatoms. The highest BCUT2D eigenvalue weighted by atomic mass is 16.4. The molecule has 1 rings (SSSR count). The number of carboxylic acid groups (broad SMARTS) is 1. The van der Waals surface area contributed by atoms with Gasteiger partial charge in [0.15, 0.2) is 0 Å². The van der Waals surface area contributed by atoms with Crippen molar-refractivity contribution in [1.82, 2.24) is 0 Å². The number of anilines is 1. The Labute approximate surface area is 98.4 Å². The molecule has 1 N–H and O–H groups in total. The first-order valence-electron chi connectivity index (χ1n) is 5.01. The molecule has 90 valence electrons. The summed E-state index contributed by atoms with van der Waals surface area (Å²) >= 11 is 0. The minimum absolute atomic E-state index is 0.477. The van der Waals surface area contributed by atoms with Crippen LogP contribution in [0, 0.1) is 12.8 Å².